The summed E-state index contributed by atoms with van der Waals surface area (Å²) in [6.45, 7) is 1.32. The van der Waals surface area contributed by atoms with Gasteiger partial charge in [-0.05, 0) is 14.0 Å². The Bertz CT molecular complexity index is 78.5. The van der Waals surface area contributed by atoms with E-state index in [0.29, 0.717) is 0 Å². The average molecular weight is 117 g/mol. The minimum Gasteiger partial charge on any atom is -0.394 e. The molecule has 8 heavy (non-hydrogen) atoms. The van der Waals surface area contributed by atoms with Crippen LogP contribution < -0.4 is 5.32 Å². The largest absolute Gasteiger partial charge is 0.394 e. The molecule has 0 aliphatic rings. The van der Waals surface area contributed by atoms with E-state index >= 15 is 0 Å². The minimum absolute atomic E-state index is 0.0324. The standard InChI is InChI=1S/C5H11NO2/c1-4(8)5(3-7)6-2/h5-7H,3H2,1-2H3. The average Bonchev–Trinajstić information content (AvgIpc) is 1.69. The number of ketones is 1. The molecule has 1 unspecified atom stereocenters. The van der Waals surface area contributed by atoms with Gasteiger partial charge in [0.1, 0.15) is 5.78 Å². The van der Waals surface area contributed by atoms with Crippen LogP contribution in [0.2, 0.25) is 0 Å². The first-order valence-corrected chi connectivity index (χ1v) is 2.51. The summed E-state index contributed by atoms with van der Waals surface area (Å²) in [4.78, 5) is 10.4. The molecule has 0 heterocycles. The summed E-state index contributed by atoms with van der Waals surface area (Å²) in [6, 6.07) is -0.380. The third-order valence-electron chi connectivity index (χ3n) is 1.02. The first kappa shape index (κ1) is 7.59. The number of carbonyl (C=O) groups is 1. The van der Waals surface area contributed by atoms with Crippen LogP contribution in [0.5, 0.6) is 0 Å². The number of Topliss-reactive ketones (excluding diaryl/α,β-unsaturated/α-hetero) is 1. The van der Waals surface area contributed by atoms with Crippen LogP contribution >= 0.6 is 0 Å². The Morgan fingerprint density at radius 3 is 2.38 bits per heavy atom. The summed E-state index contributed by atoms with van der Waals surface area (Å²) in [5, 5.41) is 11.1. The van der Waals surface area contributed by atoms with Crippen molar-refractivity contribution in [1.29, 1.82) is 0 Å². The molecule has 0 saturated carbocycles. The Balaban J connectivity index is 3.52. The van der Waals surface area contributed by atoms with Gasteiger partial charge in [-0.3, -0.25) is 4.79 Å². The van der Waals surface area contributed by atoms with Crippen LogP contribution in [0.3, 0.4) is 0 Å². The van der Waals surface area contributed by atoms with Crippen LogP contribution in [-0.2, 0) is 4.79 Å². The second-order valence-corrected chi connectivity index (χ2v) is 1.63. The lowest BCUT2D eigenvalue weighted by Gasteiger charge is -2.06. The fourth-order valence-corrected chi connectivity index (χ4v) is 0.423. The van der Waals surface area contributed by atoms with Gasteiger partial charge in [-0.1, -0.05) is 0 Å². The highest BCUT2D eigenvalue weighted by atomic mass is 16.3. The normalized spacial score (nSPS) is 13.4. The number of rotatable bonds is 3. The van der Waals surface area contributed by atoms with E-state index in [4.69, 9.17) is 5.11 Å². The summed E-state index contributed by atoms with van der Waals surface area (Å²) in [7, 11) is 1.64. The summed E-state index contributed by atoms with van der Waals surface area (Å²) in [5.41, 5.74) is 0. The first-order chi connectivity index (χ1) is 3.72. The van der Waals surface area contributed by atoms with Gasteiger partial charge in [-0.2, -0.15) is 0 Å². The molecule has 0 aliphatic carbocycles. The van der Waals surface area contributed by atoms with Crippen LogP contribution in [0.25, 0.3) is 0 Å². The van der Waals surface area contributed by atoms with E-state index in [0.717, 1.165) is 0 Å². The predicted molar refractivity (Wildman–Crippen MR) is 30.6 cm³/mol. The Labute approximate surface area is 48.7 Å². The Hall–Kier alpha value is -0.410. The second kappa shape index (κ2) is 3.57. The van der Waals surface area contributed by atoms with Crippen molar-refractivity contribution < 1.29 is 9.90 Å². The van der Waals surface area contributed by atoms with Crippen molar-refractivity contribution in [1.82, 2.24) is 5.32 Å². The summed E-state index contributed by atoms with van der Waals surface area (Å²) in [6.07, 6.45) is 0. The van der Waals surface area contributed by atoms with Gasteiger partial charge < -0.3 is 10.4 Å². The van der Waals surface area contributed by atoms with Gasteiger partial charge in [0.25, 0.3) is 0 Å². The first-order valence-electron chi connectivity index (χ1n) is 2.51. The van der Waals surface area contributed by atoms with Gasteiger partial charge in [0.2, 0.25) is 0 Å². The molecule has 0 rings (SSSR count). The fraction of sp³-hybridized carbons (Fsp3) is 0.800. The van der Waals surface area contributed by atoms with Crippen LogP contribution in [0.4, 0.5) is 0 Å². The van der Waals surface area contributed by atoms with E-state index in [2.05, 4.69) is 5.32 Å². The number of likely N-dealkylation sites (N-methyl/N-ethyl adjacent to an activating group) is 1. The number of aliphatic hydroxyl groups is 1. The highest BCUT2D eigenvalue weighted by Crippen LogP contribution is 1.79. The SMILES string of the molecule is CNC(CO)C(C)=O. The zero-order valence-corrected chi connectivity index (χ0v) is 5.14. The van der Waals surface area contributed by atoms with Crippen LogP contribution in [0.15, 0.2) is 0 Å². The van der Waals surface area contributed by atoms with E-state index in [1.54, 1.807) is 7.05 Å². The molecule has 1 atom stereocenters. The minimum atomic E-state index is -0.380. The Kier molecular flexibility index (Phi) is 3.39. The molecule has 0 aliphatic heterocycles. The highest BCUT2D eigenvalue weighted by Gasteiger charge is 2.07. The molecular formula is C5H11NO2. The number of aliphatic hydroxyl groups excluding tert-OH is 1. The van der Waals surface area contributed by atoms with Crippen molar-refractivity contribution in [3.63, 3.8) is 0 Å². The maximum absolute atomic E-state index is 10.4. The number of hydrogen-bond donors (Lipinski definition) is 2. The monoisotopic (exact) mass is 117 g/mol. The Morgan fingerprint density at radius 2 is 2.38 bits per heavy atom. The number of hydrogen-bond acceptors (Lipinski definition) is 3. The smallest absolute Gasteiger partial charge is 0.149 e. The summed E-state index contributed by atoms with van der Waals surface area (Å²) in [5.74, 6) is -0.0324. The van der Waals surface area contributed by atoms with Crippen molar-refractivity contribution in [3.8, 4) is 0 Å². The van der Waals surface area contributed by atoms with Gasteiger partial charge in [-0.15, -0.1) is 0 Å². The van der Waals surface area contributed by atoms with Gasteiger partial charge in [0.05, 0.1) is 12.6 Å². The van der Waals surface area contributed by atoms with Gasteiger partial charge in [-0.25, -0.2) is 0 Å². The lowest BCUT2D eigenvalue weighted by atomic mass is 10.2. The molecule has 0 bridgehead atoms. The topological polar surface area (TPSA) is 49.3 Å². The van der Waals surface area contributed by atoms with Crippen molar-refractivity contribution >= 4 is 5.78 Å². The number of carbonyl (C=O) groups excluding carboxylic acids is 1. The van der Waals surface area contributed by atoms with Gasteiger partial charge in [0, 0.05) is 0 Å². The maximum atomic E-state index is 10.4. The van der Waals surface area contributed by atoms with Crippen LogP contribution in [0, 0.1) is 0 Å². The van der Waals surface area contributed by atoms with Crippen molar-refractivity contribution in [2.24, 2.45) is 0 Å². The third-order valence-corrected chi connectivity index (χ3v) is 1.02. The van der Waals surface area contributed by atoms with Crippen molar-refractivity contribution in [3.05, 3.63) is 0 Å². The predicted octanol–water partition coefficient (Wildman–Crippen LogP) is -0.844. The molecule has 2 N–H and O–H groups in total. The number of nitrogens with one attached hydrogen (secondary N) is 1. The quantitative estimate of drug-likeness (QED) is 0.506. The molecule has 0 fully saturated rings. The Morgan fingerprint density at radius 1 is 1.88 bits per heavy atom. The van der Waals surface area contributed by atoms with Crippen LogP contribution in [0.1, 0.15) is 6.92 Å². The molecule has 0 saturated heterocycles. The van der Waals surface area contributed by atoms with Gasteiger partial charge >= 0.3 is 0 Å². The zero-order chi connectivity index (χ0) is 6.57. The van der Waals surface area contributed by atoms with E-state index in [1.807, 2.05) is 0 Å². The van der Waals surface area contributed by atoms with Crippen molar-refractivity contribution in [2.45, 2.75) is 13.0 Å². The van der Waals surface area contributed by atoms with E-state index in [-0.39, 0.29) is 18.4 Å². The molecule has 3 nitrogen and oxygen atoms in total. The molecule has 0 radical (unpaired) electrons. The maximum Gasteiger partial charge on any atom is 0.149 e. The molecule has 0 aromatic carbocycles. The molecule has 0 spiro atoms. The van der Waals surface area contributed by atoms with Crippen LogP contribution in [-0.4, -0.2) is 30.6 Å². The van der Waals surface area contributed by atoms with E-state index < -0.39 is 0 Å². The van der Waals surface area contributed by atoms with Gasteiger partial charge in [0.15, 0.2) is 0 Å². The third kappa shape index (κ3) is 2.04. The van der Waals surface area contributed by atoms with E-state index in [1.165, 1.54) is 6.92 Å². The molecule has 0 aromatic rings. The summed E-state index contributed by atoms with van der Waals surface area (Å²) < 4.78 is 0. The molecular weight excluding hydrogens is 106 g/mol. The second-order valence-electron chi connectivity index (χ2n) is 1.63. The molecule has 3 heteroatoms. The summed E-state index contributed by atoms with van der Waals surface area (Å²) >= 11 is 0. The molecule has 48 valence electrons. The lowest BCUT2D eigenvalue weighted by molar-refractivity contribution is -0.119. The van der Waals surface area contributed by atoms with Crippen molar-refractivity contribution in [2.75, 3.05) is 13.7 Å². The molecule has 0 aromatic heterocycles. The fourth-order valence-electron chi connectivity index (χ4n) is 0.423. The highest BCUT2D eigenvalue weighted by molar-refractivity contribution is 5.81. The lowest BCUT2D eigenvalue weighted by Crippen LogP contribution is -2.35. The zero-order valence-electron chi connectivity index (χ0n) is 5.14. The molecule has 0 amide bonds. The van der Waals surface area contributed by atoms with E-state index in [9.17, 15) is 4.79 Å².